The molecule has 1 aromatic heterocycles. The monoisotopic (exact) mass is 461 g/mol. The SMILES string of the molecule is O=[N+]([O-])c1cccc(N2CCN(C(=S)c3ccc(-c4cc(Cl)ccc4Cl)o3)CC2)c1. The molecule has 154 valence electrons. The highest BCUT2D eigenvalue weighted by Gasteiger charge is 2.23. The van der Waals surface area contributed by atoms with Crippen LogP contribution in [0.15, 0.2) is 59.0 Å². The molecule has 9 heteroatoms. The number of nitrogens with zero attached hydrogens (tertiary/aromatic N) is 3. The molecule has 0 aliphatic carbocycles. The lowest BCUT2D eigenvalue weighted by Gasteiger charge is -2.36. The van der Waals surface area contributed by atoms with E-state index >= 15 is 0 Å². The summed E-state index contributed by atoms with van der Waals surface area (Å²) in [5, 5.41) is 12.1. The average molecular weight is 462 g/mol. The summed E-state index contributed by atoms with van der Waals surface area (Å²) < 4.78 is 5.96. The first-order valence-corrected chi connectivity index (χ1v) is 10.4. The van der Waals surface area contributed by atoms with Crippen LogP contribution in [-0.4, -0.2) is 41.0 Å². The topological polar surface area (TPSA) is 62.8 Å². The smallest absolute Gasteiger partial charge is 0.271 e. The number of nitro benzene ring substituents is 1. The van der Waals surface area contributed by atoms with Crippen LogP contribution in [0.1, 0.15) is 5.76 Å². The summed E-state index contributed by atoms with van der Waals surface area (Å²) >= 11 is 18.0. The molecule has 1 aliphatic rings. The van der Waals surface area contributed by atoms with Crippen molar-refractivity contribution in [2.24, 2.45) is 0 Å². The van der Waals surface area contributed by atoms with Gasteiger partial charge in [-0.2, -0.15) is 0 Å². The number of rotatable bonds is 4. The van der Waals surface area contributed by atoms with Crippen LogP contribution in [0.25, 0.3) is 11.3 Å². The van der Waals surface area contributed by atoms with Crippen LogP contribution in [0.5, 0.6) is 0 Å². The van der Waals surface area contributed by atoms with E-state index in [4.69, 9.17) is 39.8 Å². The summed E-state index contributed by atoms with van der Waals surface area (Å²) in [4.78, 5) is 15.4. The number of thiocarbonyl (C=S) groups is 1. The molecule has 0 radical (unpaired) electrons. The van der Waals surface area contributed by atoms with Crippen LogP contribution < -0.4 is 4.90 Å². The number of halogens is 2. The molecular weight excluding hydrogens is 445 g/mol. The molecule has 1 aliphatic heterocycles. The van der Waals surface area contributed by atoms with E-state index < -0.39 is 0 Å². The van der Waals surface area contributed by atoms with Crippen LogP contribution in [-0.2, 0) is 0 Å². The van der Waals surface area contributed by atoms with Crippen LogP contribution in [0.3, 0.4) is 0 Å². The van der Waals surface area contributed by atoms with E-state index in [1.54, 1.807) is 30.3 Å². The second kappa shape index (κ2) is 8.63. The second-order valence-corrected chi connectivity index (χ2v) is 8.07. The zero-order chi connectivity index (χ0) is 21.3. The van der Waals surface area contributed by atoms with Crippen molar-refractivity contribution < 1.29 is 9.34 Å². The maximum absolute atomic E-state index is 11.0. The molecule has 1 saturated heterocycles. The largest absolute Gasteiger partial charge is 0.454 e. The van der Waals surface area contributed by atoms with Crippen molar-refractivity contribution >= 4 is 51.8 Å². The first-order valence-electron chi connectivity index (χ1n) is 9.26. The molecule has 0 N–H and O–H groups in total. The minimum absolute atomic E-state index is 0.0910. The highest BCUT2D eigenvalue weighted by Crippen LogP contribution is 2.32. The van der Waals surface area contributed by atoms with Gasteiger partial charge in [0.15, 0.2) is 5.76 Å². The number of hydrogen-bond donors (Lipinski definition) is 0. The molecule has 30 heavy (non-hydrogen) atoms. The fourth-order valence-electron chi connectivity index (χ4n) is 3.41. The zero-order valence-electron chi connectivity index (χ0n) is 15.8. The maximum Gasteiger partial charge on any atom is 0.271 e. The lowest BCUT2D eigenvalue weighted by Crippen LogP contribution is -2.48. The summed E-state index contributed by atoms with van der Waals surface area (Å²) in [6.07, 6.45) is 0. The van der Waals surface area contributed by atoms with Gasteiger partial charge in [-0.15, -0.1) is 0 Å². The van der Waals surface area contributed by atoms with Gasteiger partial charge in [0.25, 0.3) is 5.69 Å². The Bertz CT molecular complexity index is 1110. The minimum atomic E-state index is -0.379. The number of furan rings is 1. The van der Waals surface area contributed by atoms with E-state index in [-0.39, 0.29) is 10.6 Å². The van der Waals surface area contributed by atoms with E-state index in [0.717, 1.165) is 5.69 Å². The number of benzene rings is 2. The Labute approximate surface area is 188 Å². The minimum Gasteiger partial charge on any atom is -0.454 e. The fraction of sp³-hybridized carbons (Fsp3) is 0.190. The molecule has 4 rings (SSSR count). The van der Waals surface area contributed by atoms with Gasteiger partial charge < -0.3 is 14.2 Å². The second-order valence-electron chi connectivity index (χ2n) is 6.84. The highest BCUT2D eigenvalue weighted by molar-refractivity contribution is 7.80. The third-order valence-electron chi connectivity index (χ3n) is 4.98. The van der Waals surface area contributed by atoms with Crippen molar-refractivity contribution in [1.82, 2.24) is 4.90 Å². The highest BCUT2D eigenvalue weighted by atomic mass is 35.5. The molecule has 0 atom stereocenters. The summed E-state index contributed by atoms with van der Waals surface area (Å²) in [6, 6.07) is 15.6. The molecular formula is C21H17Cl2N3O3S. The number of hydrogen-bond acceptors (Lipinski definition) is 5. The first-order chi connectivity index (χ1) is 14.4. The average Bonchev–Trinajstić information content (AvgIpc) is 3.25. The van der Waals surface area contributed by atoms with Gasteiger partial charge in [0.2, 0.25) is 0 Å². The van der Waals surface area contributed by atoms with Crippen molar-refractivity contribution in [2.45, 2.75) is 0 Å². The van der Waals surface area contributed by atoms with Gasteiger partial charge in [-0.1, -0.05) is 41.5 Å². The van der Waals surface area contributed by atoms with E-state index in [1.165, 1.54) is 6.07 Å². The van der Waals surface area contributed by atoms with Gasteiger partial charge in [0.05, 0.1) is 9.95 Å². The van der Waals surface area contributed by atoms with Crippen LogP contribution >= 0.6 is 35.4 Å². The van der Waals surface area contributed by atoms with Gasteiger partial charge in [-0.05, 0) is 36.4 Å². The molecule has 0 saturated carbocycles. The summed E-state index contributed by atoms with van der Waals surface area (Å²) in [5.74, 6) is 1.20. The molecule has 6 nitrogen and oxygen atoms in total. The van der Waals surface area contributed by atoms with Crippen molar-refractivity contribution in [3.8, 4) is 11.3 Å². The van der Waals surface area contributed by atoms with E-state index in [1.807, 2.05) is 18.2 Å². The normalized spacial score (nSPS) is 14.1. The van der Waals surface area contributed by atoms with E-state index in [9.17, 15) is 10.1 Å². The standard InChI is InChI=1S/C21H17Cl2N3O3S/c22-14-4-5-18(23)17(12-14)19-6-7-20(29-19)21(30)25-10-8-24(9-11-25)15-2-1-3-16(13-15)26(27)28/h1-7,12-13H,8-11H2. The molecule has 1 fully saturated rings. The Kier molecular flexibility index (Phi) is 5.94. The predicted molar refractivity (Wildman–Crippen MR) is 123 cm³/mol. The number of nitro groups is 1. The zero-order valence-corrected chi connectivity index (χ0v) is 18.1. The van der Waals surface area contributed by atoms with E-state index in [2.05, 4.69) is 9.80 Å². The molecule has 3 aromatic rings. The lowest BCUT2D eigenvalue weighted by molar-refractivity contribution is -0.384. The molecule has 2 aromatic carbocycles. The van der Waals surface area contributed by atoms with Crippen molar-refractivity contribution in [3.05, 3.63) is 80.5 Å². The molecule has 2 heterocycles. The third-order valence-corrected chi connectivity index (χ3v) is 6.01. The fourth-order valence-corrected chi connectivity index (χ4v) is 4.09. The van der Waals surface area contributed by atoms with E-state index in [0.29, 0.717) is 58.3 Å². The number of non-ortho nitro benzene ring substituents is 1. The summed E-state index contributed by atoms with van der Waals surface area (Å²) in [6.45, 7) is 2.79. The summed E-state index contributed by atoms with van der Waals surface area (Å²) in [5.41, 5.74) is 1.65. The van der Waals surface area contributed by atoms with Gasteiger partial charge >= 0.3 is 0 Å². The van der Waals surface area contributed by atoms with Crippen LogP contribution in [0, 0.1) is 10.1 Å². The third kappa shape index (κ3) is 4.28. The van der Waals surface area contributed by atoms with Gasteiger partial charge in [0, 0.05) is 54.6 Å². The number of anilines is 1. The molecule has 0 spiro atoms. The maximum atomic E-state index is 11.0. The van der Waals surface area contributed by atoms with Crippen molar-refractivity contribution in [3.63, 3.8) is 0 Å². The van der Waals surface area contributed by atoms with Gasteiger partial charge in [-0.25, -0.2) is 0 Å². The Hall–Kier alpha value is -2.61. The van der Waals surface area contributed by atoms with Crippen LogP contribution in [0.4, 0.5) is 11.4 Å². The molecule has 0 amide bonds. The Morgan fingerprint density at radius 1 is 1.03 bits per heavy atom. The predicted octanol–water partition coefficient (Wildman–Crippen LogP) is 5.66. The first kappa shape index (κ1) is 20.7. The number of piperazine rings is 1. The molecule has 0 bridgehead atoms. The van der Waals surface area contributed by atoms with Gasteiger partial charge in [0.1, 0.15) is 10.7 Å². The molecule has 0 unspecified atom stereocenters. The summed E-state index contributed by atoms with van der Waals surface area (Å²) in [7, 11) is 0. The quantitative estimate of drug-likeness (QED) is 0.283. The lowest BCUT2D eigenvalue weighted by atomic mass is 10.2. The van der Waals surface area contributed by atoms with Crippen molar-refractivity contribution in [1.29, 1.82) is 0 Å². The Morgan fingerprint density at radius 2 is 1.80 bits per heavy atom. The Balaban J connectivity index is 1.44. The Morgan fingerprint density at radius 3 is 2.53 bits per heavy atom. The van der Waals surface area contributed by atoms with Crippen LogP contribution in [0.2, 0.25) is 10.0 Å². The van der Waals surface area contributed by atoms with Crippen molar-refractivity contribution in [2.75, 3.05) is 31.1 Å². The van der Waals surface area contributed by atoms with Gasteiger partial charge in [-0.3, -0.25) is 10.1 Å².